The second-order valence-corrected chi connectivity index (χ2v) is 9.55. The Morgan fingerprint density at radius 2 is 1.81 bits per heavy atom. The number of nitrogens with one attached hydrogen (secondary N) is 1. The van der Waals surface area contributed by atoms with E-state index in [1.807, 2.05) is 12.1 Å². The van der Waals surface area contributed by atoms with E-state index in [2.05, 4.69) is 46.6 Å². The minimum absolute atomic E-state index is 0.0296. The Hall–Kier alpha value is -2.66. The SMILES string of the molecule is O=C(CC1(Cc2nc3cc(-c4ccccc4)ccc3o2)CCCCC1)N1CCCNCC1. The van der Waals surface area contributed by atoms with Gasteiger partial charge in [-0.2, -0.15) is 0 Å². The van der Waals surface area contributed by atoms with Crippen LogP contribution in [0.1, 0.15) is 50.8 Å². The molecular formula is C27H33N3O2. The second kappa shape index (κ2) is 9.45. The number of hydrogen-bond acceptors (Lipinski definition) is 4. The van der Waals surface area contributed by atoms with Crippen molar-refractivity contribution in [2.24, 2.45) is 5.41 Å². The highest BCUT2D eigenvalue weighted by Gasteiger charge is 2.37. The van der Waals surface area contributed by atoms with Crippen LogP contribution in [0.25, 0.3) is 22.2 Å². The van der Waals surface area contributed by atoms with E-state index in [-0.39, 0.29) is 5.41 Å². The maximum absolute atomic E-state index is 13.2. The zero-order chi connectivity index (χ0) is 21.8. The molecule has 0 unspecified atom stereocenters. The lowest BCUT2D eigenvalue weighted by Crippen LogP contribution is -2.39. The van der Waals surface area contributed by atoms with Gasteiger partial charge in [0.05, 0.1) is 0 Å². The Morgan fingerprint density at radius 1 is 0.969 bits per heavy atom. The Kier molecular flexibility index (Phi) is 6.26. The van der Waals surface area contributed by atoms with E-state index in [1.54, 1.807) is 0 Å². The number of carbonyl (C=O) groups is 1. The molecule has 2 aliphatic rings. The van der Waals surface area contributed by atoms with Crippen LogP contribution in [0, 0.1) is 5.41 Å². The zero-order valence-corrected chi connectivity index (χ0v) is 18.8. The largest absolute Gasteiger partial charge is 0.441 e. The van der Waals surface area contributed by atoms with Crippen LogP contribution in [0.2, 0.25) is 0 Å². The summed E-state index contributed by atoms with van der Waals surface area (Å²) < 4.78 is 6.19. The molecule has 32 heavy (non-hydrogen) atoms. The van der Waals surface area contributed by atoms with Crippen molar-refractivity contribution in [2.45, 2.75) is 51.4 Å². The summed E-state index contributed by atoms with van der Waals surface area (Å²) in [7, 11) is 0. The van der Waals surface area contributed by atoms with Gasteiger partial charge in [-0.05, 0) is 54.5 Å². The third-order valence-electron chi connectivity index (χ3n) is 7.20. The van der Waals surface area contributed by atoms with Crippen molar-refractivity contribution >= 4 is 17.0 Å². The van der Waals surface area contributed by atoms with E-state index in [0.29, 0.717) is 12.3 Å². The minimum Gasteiger partial charge on any atom is -0.441 e. The smallest absolute Gasteiger partial charge is 0.223 e. The molecule has 2 aromatic carbocycles. The molecule has 1 aliphatic heterocycles. The average molecular weight is 432 g/mol. The molecule has 3 aromatic rings. The third-order valence-corrected chi connectivity index (χ3v) is 7.20. The number of oxazole rings is 1. The Labute approximate surface area is 190 Å². The van der Waals surface area contributed by atoms with Crippen molar-refractivity contribution in [3.63, 3.8) is 0 Å². The quantitative estimate of drug-likeness (QED) is 0.603. The van der Waals surface area contributed by atoms with Crippen LogP contribution in [-0.2, 0) is 11.2 Å². The fraction of sp³-hybridized carbons (Fsp3) is 0.481. The summed E-state index contributed by atoms with van der Waals surface area (Å²) in [5.41, 5.74) is 4.03. The van der Waals surface area contributed by atoms with Crippen molar-refractivity contribution in [3.8, 4) is 11.1 Å². The maximum atomic E-state index is 13.2. The fourth-order valence-electron chi connectivity index (χ4n) is 5.43. The molecule has 1 N–H and O–H groups in total. The molecule has 1 amide bonds. The third kappa shape index (κ3) is 4.73. The van der Waals surface area contributed by atoms with Gasteiger partial charge in [0.15, 0.2) is 11.5 Å². The summed E-state index contributed by atoms with van der Waals surface area (Å²) in [6.07, 6.45) is 8.20. The average Bonchev–Trinajstić information content (AvgIpc) is 3.02. The number of hydrogen-bond donors (Lipinski definition) is 1. The number of amides is 1. The van der Waals surface area contributed by atoms with Crippen molar-refractivity contribution in [1.82, 2.24) is 15.2 Å². The van der Waals surface area contributed by atoms with Gasteiger partial charge in [-0.3, -0.25) is 4.79 Å². The van der Waals surface area contributed by atoms with Crippen LogP contribution in [0.15, 0.2) is 52.9 Å². The first-order chi connectivity index (χ1) is 15.7. The summed E-state index contributed by atoms with van der Waals surface area (Å²) in [6.45, 7) is 3.59. The summed E-state index contributed by atoms with van der Waals surface area (Å²) in [6, 6.07) is 16.6. The molecule has 1 saturated heterocycles. The predicted octanol–water partition coefficient (Wildman–Crippen LogP) is 5.20. The number of benzene rings is 2. The van der Waals surface area contributed by atoms with Gasteiger partial charge in [0, 0.05) is 32.5 Å². The molecule has 5 rings (SSSR count). The van der Waals surface area contributed by atoms with E-state index >= 15 is 0 Å². The topological polar surface area (TPSA) is 58.4 Å². The van der Waals surface area contributed by atoms with Crippen molar-refractivity contribution in [1.29, 1.82) is 0 Å². The van der Waals surface area contributed by atoms with Crippen molar-refractivity contribution in [3.05, 3.63) is 54.4 Å². The monoisotopic (exact) mass is 431 g/mol. The lowest BCUT2D eigenvalue weighted by Gasteiger charge is -2.37. The molecule has 0 spiro atoms. The lowest BCUT2D eigenvalue weighted by atomic mass is 9.69. The van der Waals surface area contributed by atoms with E-state index in [0.717, 1.165) is 74.4 Å². The van der Waals surface area contributed by atoms with E-state index in [1.165, 1.54) is 24.8 Å². The molecule has 2 fully saturated rings. The molecule has 0 atom stereocenters. The molecule has 2 heterocycles. The predicted molar refractivity (Wildman–Crippen MR) is 127 cm³/mol. The molecular weight excluding hydrogens is 398 g/mol. The van der Waals surface area contributed by atoms with E-state index in [4.69, 9.17) is 9.40 Å². The second-order valence-electron chi connectivity index (χ2n) is 9.55. The molecule has 1 saturated carbocycles. The van der Waals surface area contributed by atoms with Gasteiger partial charge in [0.25, 0.3) is 0 Å². The highest BCUT2D eigenvalue weighted by molar-refractivity contribution is 5.80. The first kappa shape index (κ1) is 21.2. The Balaban J connectivity index is 1.36. The summed E-state index contributed by atoms with van der Waals surface area (Å²) in [5, 5.41) is 3.40. The Morgan fingerprint density at radius 3 is 2.66 bits per heavy atom. The molecule has 5 heteroatoms. The molecule has 0 radical (unpaired) electrons. The van der Waals surface area contributed by atoms with Gasteiger partial charge in [0.2, 0.25) is 5.91 Å². The van der Waals surface area contributed by atoms with Crippen LogP contribution in [0.3, 0.4) is 0 Å². The van der Waals surface area contributed by atoms with E-state index in [9.17, 15) is 4.79 Å². The van der Waals surface area contributed by atoms with Gasteiger partial charge in [-0.25, -0.2) is 4.98 Å². The molecule has 0 bridgehead atoms. The zero-order valence-electron chi connectivity index (χ0n) is 18.8. The minimum atomic E-state index is -0.0296. The number of nitrogens with zero attached hydrogens (tertiary/aromatic N) is 2. The van der Waals surface area contributed by atoms with Gasteiger partial charge in [-0.1, -0.05) is 55.7 Å². The van der Waals surface area contributed by atoms with E-state index < -0.39 is 0 Å². The van der Waals surface area contributed by atoms with Crippen LogP contribution >= 0.6 is 0 Å². The van der Waals surface area contributed by atoms with Crippen LogP contribution in [0.4, 0.5) is 0 Å². The highest BCUT2D eigenvalue weighted by Crippen LogP contribution is 2.43. The van der Waals surface area contributed by atoms with Crippen LogP contribution < -0.4 is 5.32 Å². The Bertz CT molecular complexity index is 1050. The van der Waals surface area contributed by atoms with Gasteiger partial charge >= 0.3 is 0 Å². The normalized spacial score (nSPS) is 19.1. The molecule has 168 valence electrons. The van der Waals surface area contributed by atoms with Crippen LogP contribution in [-0.4, -0.2) is 42.0 Å². The number of aromatic nitrogens is 1. The van der Waals surface area contributed by atoms with Crippen LogP contribution in [0.5, 0.6) is 0 Å². The summed E-state index contributed by atoms with van der Waals surface area (Å²) >= 11 is 0. The fourth-order valence-corrected chi connectivity index (χ4v) is 5.43. The standard InChI is InChI=1S/C27H33N3O2/c31-26(30-16-7-14-28-15-17-30)20-27(12-5-2-6-13-27)19-25-29-23-18-22(10-11-24(23)32-25)21-8-3-1-4-9-21/h1,3-4,8-11,18,28H,2,5-7,12-17,19-20H2. The number of rotatable bonds is 5. The van der Waals surface area contributed by atoms with Gasteiger partial charge in [-0.15, -0.1) is 0 Å². The molecule has 5 nitrogen and oxygen atoms in total. The van der Waals surface area contributed by atoms with Crippen molar-refractivity contribution < 1.29 is 9.21 Å². The number of fused-ring (bicyclic) bond motifs is 1. The number of carbonyl (C=O) groups excluding carboxylic acids is 1. The summed E-state index contributed by atoms with van der Waals surface area (Å²) in [4.78, 5) is 20.2. The maximum Gasteiger partial charge on any atom is 0.223 e. The van der Waals surface area contributed by atoms with Gasteiger partial charge in [0.1, 0.15) is 5.52 Å². The first-order valence-electron chi connectivity index (χ1n) is 12.1. The molecule has 1 aromatic heterocycles. The lowest BCUT2D eigenvalue weighted by molar-refractivity contribution is -0.134. The van der Waals surface area contributed by atoms with Crippen molar-refractivity contribution in [2.75, 3.05) is 26.2 Å². The first-order valence-corrected chi connectivity index (χ1v) is 12.1. The summed E-state index contributed by atoms with van der Waals surface area (Å²) in [5.74, 6) is 1.08. The molecule has 1 aliphatic carbocycles. The highest BCUT2D eigenvalue weighted by atomic mass is 16.3. The van der Waals surface area contributed by atoms with Gasteiger partial charge < -0.3 is 14.6 Å².